The van der Waals surface area contributed by atoms with Crippen molar-refractivity contribution in [3.63, 3.8) is 0 Å². The monoisotopic (exact) mass is 353 g/mol. The predicted molar refractivity (Wildman–Crippen MR) is 101 cm³/mol. The molecule has 0 radical (unpaired) electrons. The number of carbonyl (C=O) groups excluding carboxylic acids is 1. The number of fused-ring (bicyclic) bond motifs is 1. The zero-order valence-electron chi connectivity index (χ0n) is 14.4. The highest BCUT2D eigenvalue weighted by molar-refractivity contribution is 5.95. The summed E-state index contributed by atoms with van der Waals surface area (Å²) in [5, 5.41) is 6.01. The number of amides is 2. The summed E-state index contributed by atoms with van der Waals surface area (Å²) in [5.41, 5.74) is 14.0. The quantitative estimate of drug-likeness (QED) is 0.462. The molecule has 0 saturated carbocycles. The van der Waals surface area contributed by atoms with Gasteiger partial charge in [0.2, 0.25) is 0 Å². The van der Waals surface area contributed by atoms with Gasteiger partial charge in [-0.2, -0.15) is 0 Å². The number of likely N-dealkylation sites (tertiary alicyclic amines) is 1. The van der Waals surface area contributed by atoms with E-state index in [0.29, 0.717) is 0 Å². The molecule has 1 saturated heterocycles. The molecule has 8 heteroatoms. The number of rotatable bonds is 4. The van der Waals surface area contributed by atoms with E-state index in [-0.39, 0.29) is 24.2 Å². The van der Waals surface area contributed by atoms with Crippen LogP contribution in [0.25, 0.3) is 0 Å². The molecule has 1 aromatic carbocycles. The molecule has 1 fully saturated rings. The van der Waals surface area contributed by atoms with Crippen LogP contribution in [0.3, 0.4) is 0 Å². The van der Waals surface area contributed by atoms with Crippen LogP contribution in [0.4, 0.5) is 10.5 Å². The van der Waals surface area contributed by atoms with Crippen LogP contribution in [0, 0.1) is 0 Å². The number of hydrogen-bond donors (Lipinski definition) is 4. The van der Waals surface area contributed by atoms with Crippen LogP contribution in [-0.2, 0) is 6.54 Å². The minimum atomic E-state index is -0.137. The molecule has 6 N–H and O–H groups in total. The van der Waals surface area contributed by atoms with E-state index in [1.165, 1.54) is 5.56 Å². The first kappa shape index (κ1) is 16.5. The van der Waals surface area contributed by atoms with E-state index in [4.69, 9.17) is 11.5 Å². The fraction of sp³-hybridized carbons (Fsp3) is 0.333. The lowest BCUT2D eigenvalue weighted by atomic mass is 10.1. The molecular formula is C18H23N7O. The third-order valence-corrected chi connectivity index (χ3v) is 4.84. The normalized spacial score (nSPS) is 24.7. The minimum Gasteiger partial charge on any atom is -0.370 e. The molecule has 0 aliphatic carbocycles. The maximum atomic E-state index is 12.3. The van der Waals surface area contributed by atoms with Crippen LogP contribution < -0.4 is 27.0 Å². The Bertz CT molecular complexity index is 779. The Balaban J connectivity index is 1.41. The Hall–Kier alpha value is -3.00. The van der Waals surface area contributed by atoms with E-state index in [1.54, 1.807) is 4.90 Å². The maximum Gasteiger partial charge on any atom is 0.327 e. The SMILES string of the molecule is NC(N)=N[C@@H]1CCN(Cc2ccc(N3C=C4C=CNC4NC3=O)cc2)C1. The number of aliphatic imine (C=N–C) groups is 1. The van der Waals surface area contributed by atoms with Gasteiger partial charge in [0.05, 0.1) is 11.7 Å². The first-order valence-corrected chi connectivity index (χ1v) is 8.72. The van der Waals surface area contributed by atoms with Crippen molar-refractivity contribution >= 4 is 17.7 Å². The van der Waals surface area contributed by atoms with Crippen LogP contribution in [0.15, 0.2) is 53.3 Å². The van der Waals surface area contributed by atoms with Crippen molar-refractivity contribution in [2.75, 3.05) is 18.0 Å². The largest absolute Gasteiger partial charge is 0.370 e. The molecule has 1 unspecified atom stereocenters. The summed E-state index contributed by atoms with van der Waals surface area (Å²) in [4.78, 5) is 20.5. The fourth-order valence-corrected chi connectivity index (χ4v) is 3.56. The summed E-state index contributed by atoms with van der Waals surface area (Å²) in [7, 11) is 0. The van der Waals surface area contributed by atoms with E-state index < -0.39 is 0 Å². The molecule has 4 rings (SSSR count). The zero-order chi connectivity index (χ0) is 18.1. The average molecular weight is 353 g/mol. The van der Waals surface area contributed by atoms with Crippen LogP contribution in [0.5, 0.6) is 0 Å². The number of urea groups is 1. The summed E-state index contributed by atoms with van der Waals surface area (Å²) >= 11 is 0. The topological polar surface area (TPSA) is 112 Å². The smallest absolute Gasteiger partial charge is 0.327 e. The van der Waals surface area contributed by atoms with Crippen LogP contribution in [0.2, 0.25) is 0 Å². The maximum absolute atomic E-state index is 12.3. The van der Waals surface area contributed by atoms with Gasteiger partial charge in [-0.05, 0) is 36.4 Å². The van der Waals surface area contributed by atoms with Gasteiger partial charge in [-0.25, -0.2) is 9.79 Å². The summed E-state index contributed by atoms with van der Waals surface area (Å²) in [5.74, 6) is 0.157. The van der Waals surface area contributed by atoms with Gasteiger partial charge in [-0.1, -0.05) is 12.1 Å². The molecule has 8 nitrogen and oxygen atoms in total. The van der Waals surface area contributed by atoms with Gasteiger partial charge in [0, 0.05) is 31.4 Å². The zero-order valence-corrected chi connectivity index (χ0v) is 14.4. The molecule has 0 bridgehead atoms. The van der Waals surface area contributed by atoms with Crippen LogP contribution >= 0.6 is 0 Å². The lowest BCUT2D eigenvalue weighted by molar-refractivity contribution is 0.244. The van der Waals surface area contributed by atoms with E-state index in [0.717, 1.165) is 37.3 Å². The van der Waals surface area contributed by atoms with Crippen molar-refractivity contribution in [2.24, 2.45) is 16.5 Å². The van der Waals surface area contributed by atoms with Gasteiger partial charge in [0.1, 0.15) is 6.17 Å². The van der Waals surface area contributed by atoms with Gasteiger partial charge >= 0.3 is 6.03 Å². The number of hydrogen-bond acceptors (Lipinski definition) is 4. The number of nitrogens with two attached hydrogens (primary N) is 2. The summed E-state index contributed by atoms with van der Waals surface area (Å²) < 4.78 is 0. The Morgan fingerprint density at radius 2 is 2.08 bits per heavy atom. The van der Waals surface area contributed by atoms with Crippen molar-refractivity contribution in [3.8, 4) is 0 Å². The molecule has 26 heavy (non-hydrogen) atoms. The number of anilines is 1. The molecular weight excluding hydrogens is 330 g/mol. The molecule has 3 heterocycles. The highest BCUT2D eigenvalue weighted by atomic mass is 16.2. The number of guanidine groups is 1. The molecule has 0 aromatic heterocycles. The number of benzene rings is 1. The van der Waals surface area contributed by atoms with Crippen molar-refractivity contribution < 1.29 is 4.79 Å². The van der Waals surface area contributed by atoms with Gasteiger partial charge in [-0.3, -0.25) is 9.80 Å². The van der Waals surface area contributed by atoms with Gasteiger partial charge in [0.25, 0.3) is 0 Å². The van der Waals surface area contributed by atoms with Crippen LogP contribution in [0.1, 0.15) is 12.0 Å². The molecule has 2 amide bonds. The van der Waals surface area contributed by atoms with Gasteiger partial charge < -0.3 is 22.1 Å². The first-order chi connectivity index (χ1) is 12.6. The predicted octanol–water partition coefficient (Wildman–Crippen LogP) is 0.391. The molecule has 3 aliphatic heterocycles. The summed E-state index contributed by atoms with van der Waals surface area (Å²) in [6.45, 7) is 2.68. The first-order valence-electron chi connectivity index (χ1n) is 8.72. The van der Waals surface area contributed by atoms with Crippen molar-refractivity contribution in [1.82, 2.24) is 15.5 Å². The molecule has 3 aliphatic rings. The number of nitrogens with one attached hydrogen (secondary N) is 2. The third-order valence-electron chi connectivity index (χ3n) is 4.84. The van der Waals surface area contributed by atoms with Crippen molar-refractivity contribution in [1.29, 1.82) is 0 Å². The second kappa shape index (κ2) is 6.72. The standard InChI is InChI=1S/C18H23N7O/c19-17(20)22-14-6-8-24(11-14)9-12-1-3-15(4-2-12)25-10-13-5-7-21-16(13)23-18(25)26/h1-5,7,10,14,16,21H,6,8-9,11H2,(H,23,26)(H4,19,20,22)/t14-,16?/m1/s1. The van der Waals surface area contributed by atoms with E-state index >= 15 is 0 Å². The van der Waals surface area contributed by atoms with Crippen molar-refractivity contribution in [3.05, 3.63) is 53.9 Å². The Kier molecular flexibility index (Phi) is 4.26. The Morgan fingerprint density at radius 1 is 1.27 bits per heavy atom. The minimum absolute atomic E-state index is 0.119. The van der Waals surface area contributed by atoms with Crippen molar-refractivity contribution in [2.45, 2.75) is 25.2 Å². The number of carbonyl (C=O) groups is 1. The number of nitrogens with zero attached hydrogens (tertiary/aromatic N) is 3. The average Bonchev–Trinajstić information content (AvgIpc) is 3.23. The summed E-state index contributed by atoms with van der Waals surface area (Å²) in [6.07, 6.45) is 6.53. The lowest BCUT2D eigenvalue weighted by Gasteiger charge is -2.29. The molecule has 0 spiro atoms. The van der Waals surface area contributed by atoms with Gasteiger partial charge in [-0.15, -0.1) is 0 Å². The fourth-order valence-electron chi connectivity index (χ4n) is 3.56. The molecule has 136 valence electrons. The van der Waals surface area contributed by atoms with E-state index in [9.17, 15) is 4.79 Å². The lowest BCUT2D eigenvalue weighted by Crippen LogP contribution is -2.51. The third kappa shape index (κ3) is 3.36. The highest BCUT2D eigenvalue weighted by Crippen LogP contribution is 2.23. The Labute approximate surface area is 152 Å². The van der Waals surface area contributed by atoms with E-state index in [1.807, 2.05) is 30.6 Å². The van der Waals surface area contributed by atoms with Crippen LogP contribution in [-0.4, -0.2) is 42.2 Å². The second-order valence-corrected chi connectivity index (χ2v) is 6.78. The Morgan fingerprint density at radius 3 is 2.85 bits per heavy atom. The second-order valence-electron chi connectivity index (χ2n) is 6.78. The van der Waals surface area contributed by atoms with E-state index in [2.05, 4.69) is 32.7 Å². The van der Waals surface area contributed by atoms with Gasteiger partial charge in [0.15, 0.2) is 5.96 Å². The molecule has 2 atom stereocenters. The highest BCUT2D eigenvalue weighted by Gasteiger charge is 2.28. The summed E-state index contributed by atoms with van der Waals surface area (Å²) in [6, 6.07) is 8.11. The molecule has 1 aromatic rings.